The minimum Gasteiger partial charge on any atom is -0.463 e. The van der Waals surface area contributed by atoms with Crippen LogP contribution in [-0.2, 0) is 19.4 Å². The maximum atomic E-state index is 13.8. The Morgan fingerprint density at radius 1 is 1.28 bits per heavy atom. The molecule has 4 nitrogen and oxygen atoms in total. The molecule has 1 aromatic carbocycles. The Morgan fingerprint density at radius 2 is 1.83 bits per heavy atom. The average molecular weight is 272 g/mol. The fourth-order valence-electron chi connectivity index (χ4n) is 1.22. The molecular weight excluding hydrogens is 259 g/mol. The quantitative estimate of drug-likeness (QED) is 0.623. The first-order valence-corrected chi connectivity index (χ1v) is 6.73. The van der Waals surface area contributed by atoms with Crippen molar-refractivity contribution in [2.24, 2.45) is 0 Å². The second kappa shape index (κ2) is 5.77. The zero-order valence-electron chi connectivity index (χ0n) is 10.0. The molecule has 6 heteroatoms. The molecule has 0 aromatic heterocycles. The molecule has 0 amide bonds. The largest absolute Gasteiger partial charge is 0.463 e. The Bertz CT molecular complexity index is 561. The molecule has 0 aliphatic carbocycles. The van der Waals surface area contributed by atoms with Crippen molar-refractivity contribution >= 4 is 15.8 Å². The summed E-state index contributed by atoms with van der Waals surface area (Å²) in [5.74, 6) is -0.977. The minimum absolute atomic E-state index is 0.0504. The van der Waals surface area contributed by atoms with Gasteiger partial charge in [-0.2, -0.15) is 4.39 Å². The molecule has 0 spiro atoms. The second-order valence-corrected chi connectivity index (χ2v) is 5.27. The van der Waals surface area contributed by atoms with Crippen LogP contribution in [0.1, 0.15) is 13.8 Å². The lowest BCUT2D eigenvalue weighted by Gasteiger charge is -2.05. The van der Waals surface area contributed by atoms with Crippen molar-refractivity contribution in [3.8, 4) is 0 Å². The summed E-state index contributed by atoms with van der Waals surface area (Å²) in [6, 6.07) is 7.07. The number of carbonyl (C=O) groups excluding carboxylic acids is 1. The van der Waals surface area contributed by atoms with Gasteiger partial charge in [0, 0.05) is 0 Å². The van der Waals surface area contributed by atoms with Gasteiger partial charge < -0.3 is 4.74 Å². The van der Waals surface area contributed by atoms with Gasteiger partial charge in [-0.15, -0.1) is 0 Å². The minimum atomic E-state index is -4.29. The molecule has 0 radical (unpaired) electrons. The summed E-state index contributed by atoms with van der Waals surface area (Å²) in [6.07, 6.45) is 0. The van der Waals surface area contributed by atoms with Crippen molar-refractivity contribution in [2.75, 3.05) is 6.61 Å². The normalized spacial score (nSPS) is 12.8. The monoisotopic (exact) mass is 272 g/mol. The van der Waals surface area contributed by atoms with Gasteiger partial charge in [0.25, 0.3) is 0 Å². The van der Waals surface area contributed by atoms with Gasteiger partial charge in [0.15, 0.2) is 0 Å². The van der Waals surface area contributed by atoms with Gasteiger partial charge in [-0.3, -0.25) is 0 Å². The average Bonchev–Trinajstić information content (AvgIpc) is 2.38. The molecule has 1 aromatic rings. The van der Waals surface area contributed by atoms with Crippen molar-refractivity contribution in [3.63, 3.8) is 0 Å². The second-order valence-electron chi connectivity index (χ2n) is 3.44. The summed E-state index contributed by atoms with van der Waals surface area (Å²) in [4.78, 5) is 11.1. The molecule has 18 heavy (non-hydrogen) atoms. The predicted molar refractivity (Wildman–Crippen MR) is 64.1 cm³/mol. The van der Waals surface area contributed by atoms with Crippen LogP contribution in [0.5, 0.6) is 0 Å². The summed E-state index contributed by atoms with van der Waals surface area (Å²) in [7, 11) is -4.29. The van der Waals surface area contributed by atoms with Crippen molar-refractivity contribution in [1.29, 1.82) is 0 Å². The lowest BCUT2D eigenvalue weighted by Crippen LogP contribution is -2.11. The molecule has 1 rings (SSSR count). The maximum Gasteiger partial charge on any atom is 0.337 e. The smallest absolute Gasteiger partial charge is 0.337 e. The summed E-state index contributed by atoms with van der Waals surface area (Å²) >= 11 is 0. The van der Waals surface area contributed by atoms with Gasteiger partial charge in [-0.25, -0.2) is 13.2 Å². The van der Waals surface area contributed by atoms with Gasteiger partial charge in [-0.05, 0) is 26.0 Å². The van der Waals surface area contributed by atoms with E-state index in [9.17, 15) is 17.6 Å². The van der Waals surface area contributed by atoms with Gasteiger partial charge in [0.05, 0.1) is 17.1 Å². The Labute approximate surface area is 105 Å². The molecule has 0 saturated carbocycles. The highest BCUT2D eigenvalue weighted by Gasteiger charge is 2.26. The molecule has 0 fully saturated rings. The van der Waals surface area contributed by atoms with E-state index in [2.05, 4.69) is 4.74 Å². The van der Waals surface area contributed by atoms with Crippen LogP contribution in [0, 0.1) is 0 Å². The summed E-state index contributed by atoms with van der Waals surface area (Å²) in [5.41, 5.74) is -0.555. The third-order valence-corrected chi connectivity index (χ3v) is 3.84. The fourth-order valence-corrected chi connectivity index (χ4v) is 2.43. The first kappa shape index (κ1) is 14.4. The zero-order chi connectivity index (χ0) is 13.8. The van der Waals surface area contributed by atoms with Crippen molar-refractivity contribution < 1.29 is 22.3 Å². The SMILES string of the molecule is CCOC(=O)/C(C)=C(/F)S(=O)(=O)c1ccccc1. The maximum absolute atomic E-state index is 13.8. The van der Waals surface area contributed by atoms with E-state index in [4.69, 9.17) is 0 Å². The van der Waals surface area contributed by atoms with Crippen LogP contribution in [0.25, 0.3) is 0 Å². The van der Waals surface area contributed by atoms with Crippen LogP contribution in [0.2, 0.25) is 0 Å². The molecule has 0 unspecified atom stereocenters. The van der Waals surface area contributed by atoms with Gasteiger partial charge in [0.2, 0.25) is 15.0 Å². The topological polar surface area (TPSA) is 60.4 Å². The van der Waals surface area contributed by atoms with E-state index < -0.39 is 26.5 Å². The number of halogens is 1. The number of benzene rings is 1. The zero-order valence-corrected chi connectivity index (χ0v) is 10.8. The van der Waals surface area contributed by atoms with Gasteiger partial charge in [0.1, 0.15) is 0 Å². The van der Waals surface area contributed by atoms with E-state index in [1.54, 1.807) is 13.0 Å². The Kier molecular flexibility index (Phi) is 4.61. The van der Waals surface area contributed by atoms with Crippen LogP contribution in [-0.4, -0.2) is 21.0 Å². The Morgan fingerprint density at radius 3 is 2.33 bits per heavy atom. The van der Waals surface area contributed by atoms with E-state index in [1.165, 1.54) is 24.3 Å². The van der Waals surface area contributed by atoms with E-state index in [-0.39, 0.29) is 11.5 Å². The van der Waals surface area contributed by atoms with Gasteiger partial charge >= 0.3 is 5.97 Å². The molecule has 0 atom stereocenters. The molecular formula is C12H13FO4S. The first-order valence-electron chi connectivity index (χ1n) is 5.25. The van der Waals surface area contributed by atoms with Crippen LogP contribution in [0.15, 0.2) is 46.0 Å². The number of rotatable bonds is 4. The fraction of sp³-hybridized carbons (Fsp3) is 0.250. The summed E-state index contributed by atoms with van der Waals surface area (Å²) in [6.45, 7) is 2.68. The number of carbonyl (C=O) groups is 1. The van der Waals surface area contributed by atoms with Gasteiger partial charge in [-0.1, -0.05) is 18.2 Å². The highest BCUT2D eigenvalue weighted by molar-refractivity contribution is 7.95. The lowest BCUT2D eigenvalue weighted by molar-refractivity contribution is -0.138. The lowest BCUT2D eigenvalue weighted by atomic mass is 10.3. The van der Waals surface area contributed by atoms with Crippen molar-refractivity contribution in [1.82, 2.24) is 0 Å². The molecule has 0 aliphatic rings. The number of hydrogen-bond donors (Lipinski definition) is 0. The molecule has 0 bridgehead atoms. The van der Waals surface area contributed by atoms with E-state index in [1.807, 2.05) is 0 Å². The van der Waals surface area contributed by atoms with Crippen molar-refractivity contribution in [2.45, 2.75) is 18.7 Å². The van der Waals surface area contributed by atoms with E-state index in [0.29, 0.717) is 0 Å². The Hall–Kier alpha value is -1.69. The van der Waals surface area contributed by atoms with Crippen LogP contribution >= 0.6 is 0 Å². The number of hydrogen-bond acceptors (Lipinski definition) is 4. The van der Waals surface area contributed by atoms with Crippen molar-refractivity contribution in [3.05, 3.63) is 41.1 Å². The Balaban J connectivity index is 3.21. The predicted octanol–water partition coefficient (Wildman–Crippen LogP) is 2.22. The molecule has 0 aliphatic heterocycles. The standard InChI is InChI=1S/C12H13FO4S/c1-3-17-12(14)9(2)11(13)18(15,16)10-7-5-4-6-8-10/h4-8H,3H2,1-2H3/b11-9-. The van der Waals surface area contributed by atoms with E-state index >= 15 is 0 Å². The molecule has 98 valence electrons. The van der Waals surface area contributed by atoms with Crippen LogP contribution in [0.3, 0.4) is 0 Å². The summed E-state index contributed by atoms with van der Waals surface area (Å²) in [5, 5.41) is -1.48. The van der Waals surface area contributed by atoms with E-state index in [0.717, 1.165) is 6.92 Å². The highest BCUT2D eigenvalue weighted by atomic mass is 32.2. The highest BCUT2D eigenvalue weighted by Crippen LogP contribution is 2.23. The first-order chi connectivity index (χ1) is 8.41. The number of ether oxygens (including phenoxy) is 1. The van der Waals surface area contributed by atoms with Crippen LogP contribution < -0.4 is 0 Å². The number of sulfone groups is 1. The third kappa shape index (κ3) is 2.95. The molecule has 0 N–H and O–H groups in total. The molecule has 0 heterocycles. The van der Waals surface area contributed by atoms with Crippen LogP contribution in [0.4, 0.5) is 4.39 Å². The number of esters is 1. The summed E-state index contributed by atoms with van der Waals surface area (Å²) < 4.78 is 42.1. The third-order valence-electron chi connectivity index (χ3n) is 2.17. The molecule has 0 saturated heterocycles.